The Morgan fingerprint density at radius 1 is 1.60 bits per heavy atom. The summed E-state index contributed by atoms with van der Waals surface area (Å²) in [6, 6.07) is 0. The van der Waals surface area contributed by atoms with Crippen LogP contribution in [0.1, 0.15) is 45.4 Å². The molecule has 3 nitrogen and oxygen atoms in total. The van der Waals surface area contributed by atoms with Crippen molar-refractivity contribution >= 4 is 5.97 Å². The van der Waals surface area contributed by atoms with Gasteiger partial charge in [-0.3, -0.25) is 4.79 Å². The van der Waals surface area contributed by atoms with E-state index in [2.05, 4.69) is 6.92 Å². The molecule has 0 saturated heterocycles. The highest BCUT2D eigenvalue weighted by Crippen LogP contribution is 2.14. The van der Waals surface area contributed by atoms with Crippen LogP contribution in [-0.2, 0) is 9.53 Å². The maximum absolute atomic E-state index is 11.4. The minimum absolute atomic E-state index is 0.125. The zero-order valence-electron chi connectivity index (χ0n) is 9.32. The summed E-state index contributed by atoms with van der Waals surface area (Å²) in [7, 11) is 0. The molecular weight excluding hydrogens is 192 g/mol. The second-order valence-corrected chi connectivity index (χ2v) is 4.02. The lowest BCUT2D eigenvalue weighted by Crippen LogP contribution is -2.23. The highest BCUT2D eigenvalue weighted by molar-refractivity contribution is 5.69. The fourth-order valence-electron chi connectivity index (χ4n) is 1.76. The molecule has 0 saturated carbocycles. The molecule has 0 aromatic carbocycles. The van der Waals surface area contributed by atoms with Crippen LogP contribution in [0.5, 0.6) is 0 Å². The number of hydrogen-bond acceptors (Lipinski definition) is 3. The van der Waals surface area contributed by atoms with Crippen LogP contribution in [0, 0.1) is 0 Å². The SMILES string of the molecule is CCC[C@@H]1C[C@@H](O)/C=C\CCCC(=O)O1. The van der Waals surface area contributed by atoms with Crippen LogP contribution in [-0.4, -0.2) is 23.3 Å². The van der Waals surface area contributed by atoms with E-state index >= 15 is 0 Å². The molecule has 1 aliphatic heterocycles. The zero-order chi connectivity index (χ0) is 11.1. The summed E-state index contributed by atoms with van der Waals surface area (Å²) < 4.78 is 5.30. The van der Waals surface area contributed by atoms with Gasteiger partial charge in [0.2, 0.25) is 0 Å². The molecular formula is C12H20O3. The van der Waals surface area contributed by atoms with Gasteiger partial charge in [0, 0.05) is 12.8 Å². The second-order valence-electron chi connectivity index (χ2n) is 4.02. The molecule has 0 unspecified atom stereocenters. The molecule has 1 heterocycles. The van der Waals surface area contributed by atoms with E-state index in [9.17, 15) is 9.90 Å². The molecule has 86 valence electrons. The van der Waals surface area contributed by atoms with Gasteiger partial charge < -0.3 is 9.84 Å². The van der Waals surface area contributed by atoms with Crippen molar-refractivity contribution in [2.24, 2.45) is 0 Å². The predicted molar refractivity (Wildman–Crippen MR) is 58.4 cm³/mol. The fraction of sp³-hybridized carbons (Fsp3) is 0.750. The number of hydrogen-bond donors (Lipinski definition) is 1. The van der Waals surface area contributed by atoms with E-state index in [4.69, 9.17) is 4.74 Å². The third kappa shape index (κ3) is 4.98. The van der Waals surface area contributed by atoms with Gasteiger partial charge >= 0.3 is 5.97 Å². The van der Waals surface area contributed by atoms with Crippen molar-refractivity contribution in [2.75, 3.05) is 0 Å². The molecule has 0 bridgehead atoms. The van der Waals surface area contributed by atoms with Crippen molar-refractivity contribution < 1.29 is 14.6 Å². The van der Waals surface area contributed by atoms with Gasteiger partial charge in [-0.05, 0) is 19.3 Å². The Morgan fingerprint density at radius 3 is 3.13 bits per heavy atom. The third-order valence-electron chi connectivity index (χ3n) is 2.52. The predicted octanol–water partition coefficient (Wildman–Crippen LogP) is 2.19. The Hall–Kier alpha value is -0.830. The molecule has 0 spiro atoms. The Balaban J connectivity index is 2.55. The van der Waals surface area contributed by atoms with Crippen LogP contribution in [0.4, 0.5) is 0 Å². The normalized spacial score (nSPS) is 30.7. The standard InChI is InChI=1S/C12H20O3/c1-2-6-11-9-10(13)7-4-3-5-8-12(14)15-11/h4,7,10-11,13H,2-3,5-6,8-9H2,1H3/b7-4-/t10-,11+/m0/s1. The lowest BCUT2D eigenvalue weighted by molar-refractivity contribution is -0.150. The fourth-order valence-corrected chi connectivity index (χ4v) is 1.76. The molecule has 0 fully saturated rings. The maximum atomic E-state index is 11.4. The number of cyclic esters (lactones) is 1. The quantitative estimate of drug-likeness (QED) is 0.563. The minimum Gasteiger partial charge on any atom is -0.462 e. The molecule has 0 aromatic rings. The van der Waals surface area contributed by atoms with E-state index in [1.54, 1.807) is 0 Å². The Kier molecular flexibility index (Phi) is 5.40. The van der Waals surface area contributed by atoms with E-state index in [1.165, 1.54) is 0 Å². The summed E-state index contributed by atoms with van der Waals surface area (Å²) in [6.45, 7) is 2.05. The maximum Gasteiger partial charge on any atom is 0.306 e. The van der Waals surface area contributed by atoms with Gasteiger partial charge in [-0.15, -0.1) is 0 Å². The summed E-state index contributed by atoms with van der Waals surface area (Å²) in [4.78, 5) is 11.4. The Labute approximate surface area is 91.1 Å². The summed E-state index contributed by atoms with van der Waals surface area (Å²) in [5.74, 6) is -0.129. The van der Waals surface area contributed by atoms with E-state index < -0.39 is 6.10 Å². The van der Waals surface area contributed by atoms with Gasteiger partial charge in [0.1, 0.15) is 6.10 Å². The van der Waals surface area contributed by atoms with Crippen molar-refractivity contribution in [1.29, 1.82) is 0 Å². The first-order valence-corrected chi connectivity index (χ1v) is 5.76. The van der Waals surface area contributed by atoms with Gasteiger partial charge in [-0.1, -0.05) is 25.5 Å². The molecule has 3 heteroatoms. The minimum atomic E-state index is -0.479. The van der Waals surface area contributed by atoms with Crippen LogP contribution >= 0.6 is 0 Å². The summed E-state index contributed by atoms with van der Waals surface area (Å²) in [5.41, 5.74) is 0. The van der Waals surface area contributed by atoms with Gasteiger partial charge in [0.15, 0.2) is 0 Å². The van der Waals surface area contributed by atoms with E-state index in [0.29, 0.717) is 12.8 Å². The third-order valence-corrected chi connectivity index (χ3v) is 2.52. The average Bonchev–Trinajstić information content (AvgIpc) is 2.17. The first-order chi connectivity index (χ1) is 7.22. The number of carbonyl (C=O) groups excluding carboxylic acids is 1. The Bertz CT molecular complexity index is 223. The number of allylic oxidation sites excluding steroid dienone is 1. The topological polar surface area (TPSA) is 46.5 Å². The van der Waals surface area contributed by atoms with Crippen LogP contribution in [0.25, 0.3) is 0 Å². The van der Waals surface area contributed by atoms with Crippen molar-refractivity contribution in [3.8, 4) is 0 Å². The monoisotopic (exact) mass is 212 g/mol. The smallest absolute Gasteiger partial charge is 0.306 e. The molecule has 15 heavy (non-hydrogen) atoms. The second kappa shape index (κ2) is 6.62. The molecule has 1 rings (SSSR count). The van der Waals surface area contributed by atoms with E-state index in [-0.39, 0.29) is 12.1 Å². The van der Waals surface area contributed by atoms with Gasteiger partial charge in [-0.2, -0.15) is 0 Å². The van der Waals surface area contributed by atoms with Gasteiger partial charge in [-0.25, -0.2) is 0 Å². The lowest BCUT2D eigenvalue weighted by Gasteiger charge is -2.20. The van der Waals surface area contributed by atoms with E-state index in [1.807, 2.05) is 12.2 Å². The van der Waals surface area contributed by atoms with Crippen LogP contribution in [0.2, 0.25) is 0 Å². The van der Waals surface area contributed by atoms with Crippen molar-refractivity contribution in [3.63, 3.8) is 0 Å². The number of carbonyl (C=O) groups is 1. The van der Waals surface area contributed by atoms with Crippen LogP contribution < -0.4 is 0 Å². The summed E-state index contributed by atoms with van der Waals surface area (Å²) in [5, 5.41) is 9.64. The molecule has 1 aliphatic rings. The number of rotatable bonds is 2. The largest absolute Gasteiger partial charge is 0.462 e. The van der Waals surface area contributed by atoms with Crippen molar-refractivity contribution in [1.82, 2.24) is 0 Å². The first kappa shape index (κ1) is 12.2. The average molecular weight is 212 g/mol. The zero-order valence-corrected chi connectivity index (χ0v) is 9.32. The van der Waals surface area contributed by atoms with Gasteiger partial charge in [0.05, 0.1) is 6.10 Å². The summed E-state index contributed by atoms with van der Waals surface area (Å²) >= 11 is 0. The highest BCUT2D eigenvalue weighted by Gasteiger charge is 2.17. The van der Waals surface area contributed by atoms with E-state index in [0.717, 1.165) is 25.7 Å². The van der Waals surface area contributed by atoms with Crippen LogP contribution in [0.15, 0.2) is 12.2 Å². The molecule has 0 amide bonds. The number of aliphatic hydroxyl groups excluding tert-OH is 1. The number of esters is 1. The number of aliphatic hydroxyl groups is 1. The van der Waals surface area contributed by atoms with Gasteiger partial charge in [0.25, 0.3) is 0 Å². The molecule has 0 aromatic heterocycles. The summed E-state index contributed by atoms with van der Waals surface area (Å²) in [6.07, 6.45) is 7.61. The molecule has 0 aliphatic carbocycles. The van der Waals surface area contributed by atoms with Crippen molar-refractivity contribution in [2.45, 2.75) is 57.7 Å². The lowest BCUT2D eigenvalue weighted by atomic mass is 10.1. The molecule has 1 N–H and O–H groups in total. The van der Waals surface area contributed by atoms with Crippen LogP contribution in [0.3, 0.4) is 0 Å². The van der Waals surface area contributed by atoms with Crippen molar-refractivity contribution in [3.05, 3.63) is 12.2 Å². The highest BCUT2D eigenvalue weighted by atomic mass is 16.5. The first-order valence-electron chi connectivity index (χ1n) is 5.76. The Morgan fingerprint density at radius 2 is 2.40 bits per heavy atom. The molecule has 2 atom stereocenters. The molecule has 0 radical (unpaired) electrons. The number of ether oxygens (including phenoxy) is 1.